The molecular formula is C10H8IN3OS2. The number of aromatic nitrogens is 2. The number of halogens is 1. The highest BCUT2D eigenvalue weighted by atomic mass is 127. The molecule has 0 atom stereocenters. The Balaban J connectivity index is 2.08. The van der Waals surface area contributed by atoms with Crippen LogP contribution in [0.3, 0.4) is 0 Å². The summed E-state index contributed by atoms with van der Waals surface area (Å²) < 4.78 is 1.93. The molecule has 1 amide bonds. The van der Waals surface area contributed by atoms with Crippen LogP contribution in [0.1, 0.15) is 10.4 Å². The van der Waals surface area contributed by atoms with E-state index in [9.17, 15) is 4.79 Å². The molecule has 17 heavy (non-hydrogen) atoms. The third-order valence-electron chi connectivity index (χ3n) is 1.91. The number of thioether (sulfide) groups is 1. The number of nitrogens with zero attached hydrogens (tertiary/aromatic N) is 2. The molecule has 88 valence electrons. The van der Waals surface area contributed by atoms with Gasteiger partial charge in [-0.05, 0) is 53.1 Å². The van der Waals surface area contributed by atoms with E-state index in [0.29, 0.717) is 10.7 Å². The van der Waals surface area contributed by atoms with Crippen LogP contribution in [0.25, 0.3) is 0 Å². The second-order valence-electron chi connectivity index (χ2n) is 3.04. The van der Waals surface area contributed by atoms with Crippen molar-refractivity contribution < 1.29 is 4.79 Å². The predicted octanol–water partition coefficient (Wildman–Crippen LogP) is 3.12. The van der Waals surface area contributed by atoms with Crippen molar-refractivity contribution in [3.05, 3.63) is 33.4 Å². The maximum Gasteiger partial charge on any atom is 0.257 e. The number of anilines is 1. The van der Waals surface area contributed by atoms with E-state index in [1.807, 2.05) is 18.4 Å². The van der Waals surface area contributed by atoms with Gasteiger partial charge in [-0.15, -0.1) is 10.2 Å². The van der Waals surface area contributed by atoms with Crippen LogP contribution >= 0.6 is 45.7 Å². The van der Waals surface area contributed by atoms with Gasteiger partial charge in [0.2, 0.25) is 5.13 Å². The van der Waals surface area contributed by atoms with Crippen molar-refractivity contribution in [3.63, 3.8) is 0 Å². The first-order valence-corrected chi connectivity index (χ1v) is 7.75. The predicted molar refractivity (Wildman–Crippen MR) is 78.8 cm³/mol. The highest BCUT2D eigenvalue weighted by Gasteiger charge is 2.09. The average molecular weight is 377 g/mol. The smallest absolute Gasteiger partial charge is 0.257 e. The van der Waals surface area contributed by atoms with Crippen LogP contribution in [-0.4, -0.2) is 22.4 Å². The number of hydrogen-bond acceptors (Lipinski definition) is 5. The average Bonchev–Trinajstić information content (AvgIpc) is 2.77. The Morgan fingerprint density at radius 3 is 2.65 bits per heavy atom. The lowest BCUT2D eigenvalue weighted by atomic mass is 10.2. The highest BCUT2D eigenvalue weighted by Crippen LogP contribution is 2.23. The minimum atomic E-state index is -0.162. The molecule has 0 bridgehead atoms. The van der Waals surface area contributed by atoms with E-state index in [-0.39, 0.29) is 5.91 Å². The van der Waals surface area contributed by atoms with E-state index < -0.39 is 0 Å². The van der Waals surface area contributed by atoms with Gasteiger partial charge in [0, 0.05) is 9.13 Å². The molecule has 2 rings (SSSR count). The van der Waals surface area contributed by atoms with Gasteiger partial charge in [-0.3, -0.25) is 10.1 Å². The molecule has 2 aromatic rings. The van der Waals surface area contributed by atoms with Crippen molar-refractivity contribution in [1.29, 1.82) is 0 Å². The van der Waals surface area contributed by atoms with Crippen molar-refractivity contribution in [2.24, 2.45) is 0 Å². The Bertz CT molecular complexity index is 527. The fraction of sp³-hybridized carbons (Fsp3) is 0.100. The maximum atomic E-state index is 11.8. The highest BCUT2D eigenvalue weighted by molar-refractivity contribution is 14.1. The molecular weight excluding hydrogens is 369 g/mol. The molecule has 0 saturated heterocycles. The van der Waals surface area contributed by atoms with E-state index >= 15 is 0 Å². The summed E-state index contributed by atoms with van der Waals surface area (Å²) in [5, 5.41) is 11.0. The summed E-state index contributed by atoms with van der Waals surface area (Å²) in [6.07, 6.45) is 1.92. The summed E-state index contributed by atoms with van der Waals surface area (Å²) >= 11 is 5.07. The molecule has 1 N–H and O–H groups in total. The second-order valence-corrected chi connectivity index (χ2v) is 6.31. The van der Waals surface area contributed by atoms with E-state index in [0.717, 1.165) is 7.91 Å². The van der Waals surface area contributed by atoms with Crippen LogP contribution in [0.4, 0.5) is 5.13 Å². The van der Waals surface area contributed by atoms with E-state index in [4.69, 9.17) is 0 Å². The zero-order chi connectivity index (χ0) is 12.3. The van der Waals surface area contributed by atoms with Gasteiger partial charge in [-0.2, -0.15) is 0 Å². The van der Waals surface area contributed by atoms with Crippen molar-refractivity contribution >= 4 is 56.7 Å². The van der Waals surface area contributed by atoms with Gasteiger partial charge in [0.1, 0.15) is 0 Å². The molecule has 1 heterocycles. The first-order valence-electron chi connectivity index (χ1n) is 4.63. The number of carbonyl (C=O) groups excluding carboxylic acids is 1. The number of rotatable bonds is 3. The Morgan fingerprint density at radius 2 is 2.06 bits per heavy atom. The van der Waals surface area contributed by atoms with Crippen LogP contribution in [0.2, 0.25) is 0 Å². The zero-order valence-electron chi connectivity index (χ0n) is 8.81. The zero-order valence-corrected chi connectivity index (χ0v) is 12.6. The number of hydrogen-bond donors (Lipinski definition) is 1. The third-order valence-corrected chi connectivity index (χ3v) is 4.44. The van der Waals surface area contributed by atoms with Crippen LogP contribution < -0.4 is 5.32 Å². The molecule has 1 aromatic carbocycles. The van der Waals surface area contributed by atoms with Crippen molar-refractivity contribution in [2.75, 3.05) is 11.6 Å². The Morgan fingerprint density at radius 1 is 1.35 bits per heavy atom. The molecule has 4 nitrogen and oxygen atoms in total. The summed E-state index contributed by atoms with van der Waals surface area (Å²) in [6, 6.07) is 7.35. The first-order chi connectivity index (χ1) is 8.19. The molecule has 0 spiro atoms. The summed E-state index contributed by atoms with van der Waals surface area (Å²) in [6.45, 7) is 0. The molecule has 0 aliphatic carbocycles. The number of nitrogens with one attached hydrogen (secondary N) is 1. The lowest BCUT2D eigenvalue weighted by Crippen LogP contribution is -2.11. The lowest BCUT2D eigenvalue weighted by molar-refractivity contribution is 0.102. The summed E-state index contributed by atoms with van der Waals surface area (Å²) in [7, 11) is 0. The second kappa shape index (κ2) is 5.78. The van der Waals surface area contributed by atoms with Gasteiger partial charge >= 0.3 is 0 Å². The van der Waals surface area contributed by atoms with E-state index in [1.54, 1.807) is 12.1 Å². The van der Waals surface area contributed by atoms with Crippen molar-refractivity contribution in [1.82, 2.24) is 10.2 Å². The summed E-state index contributed by atoms with van der Waals surface area (Å²) in [5.41, 5.74) is 0.617. The van der Waals surface area contributed by atoms with Gasteiger partial charge in [0.15, 0.2) is 4.34 Å². The van der Waals surface area contributed by atoms with Crippen LogP contribution in [0, 0.1) is 3.57 Å². The van der Waals surface area contributed by atoms with Crippen LogP contribution in [0.15, 0.2) is 28.6 Å². The van der Waals surface area contributed by atoms with Gasteiger partial charge in [-0.1, -0.05) is 23.1 Å². The fourth-order valence-electron chi connectivity index (χ4n) is 1.11. The molecule has 0 aliphatic rings. The van der Waals surface area contributed by atoms with Gasteiger partial charge < -0.3 is 0 Å². The van der Waals surface area contributed by atoms with Crippen molar-refractivity contribution in [2.45, 2.75) is 4.34 Å². The fourth-order valence-corrected chi connectivity index (χ4v) is 2.64. The number of amides is 1. The minimum absolute atomic E-state index is 0.162. The lowest BCUT2D eigenvalue weighted by Gasteiger charge is -2.00. The topological polar surface area (TPSA) is 54.9 Å². The summed E-state index contributed by atoms with van der Waals surface area (Å²) in [4.78, 5) is 11.8. The normalized spacial score (nSPS) is 10.2. The third kappa shape index (κ3) is 3.39. The quantitative estimate of drug-likeness (QED) is 0.507. The molecule has 0 radical (unpaired) electrons. The molecule has 0 unspecified atom stereocenters. The Hall–Kier alpha value is -0.670. The molecule has 7 heteroatoms. The standard InChI is InChI=1S/C10H8IN3OS2/c1-16-10-14-13-9(17-10)12-8(15)6-2-4-7(11)5-3-6/h2-5H,1H3,(H,12,13,15). The van der Waals surface area contributed by atoms with Crippen LogP contribution in [0.5, 0.6) is 0 Å². The molecule has 0 fully saturated rings. The molecule has 0 saturated carbocycles. The largest absolute Gasteiger partial charge is 0.296 e. The van der Waals surface area contributed by atoms with Gasteiger partial charge in [0.25, 0.3) is 5.91 Å². The van der Waals surface area contributed by atoms with Gasteiger partial charge in [0.05, 0.1) is 0 Å². The van der Waals surface area contributed by atoms with Gasteiger partial charge in [-0.25, -0.2) is 0 Å². The number of carbonyl (C=O) groups is 1. The molecule has 0 aliphatic heterocycles. The van der Waals surface area contributed by atoms with Crippen LogP contribution in [-0.2, 0) is 0 Å². The van der Waals surface area contributed by atoms with E-state index in [2.05, 4.69) is 38.1 Å². The Kier molecular flexibility index (Phi) is 4.35. The SMILES string of the molecule is CSc1nnc(NC(=O)c2ccc(I)cc2)s1. The first kappa shape index (κ1) is 12.8. The minimum Gasteiger partial charge on any atom is -0.296 e. The number of benzene rings is 1. The van der Waals surface area contributed by atoms with E-state index in [1.165, 1.54) is 23.1 Å². The molecule has 1 aromatic heterocycles. The Labute approximate surface area is 120 Å². The summed E-state index contributed by atoms with van der Waals surface area (Å²) in [5.74, 6) is -0.162. The maximum absolute atomic E-state index is 11.8. The van der Waals surface area contributed by atoms with Crippen molar-refractivity contribution in [3.8, 4) is 0 Å². The monoisotopic (exact) mass is 377 g/mol.